The SMILES string of the molecule is Cc1cc(N/N=C\c2ccccc2F)nc(N2CCOCC2)n1. The second-order valence-corrected chi connectivity index (χ2v) is 5.19. The van der Waals surface area contributed by atoms with Crippen molar-refractivity contribution in [3.8, 4) is 0 Å². The van der Waals surface area contributed by atoms with E-state index in [2.05, 4.69) is 25.4 Å². The normalized spacial score (nSPS) is 15.1. The zero-order chi connectivity index (χ0) is 16.1. The Morgan fingerprint density at radius 2 is 2.04 bits per heavy atom. The Labute approximate surface area is 134 Å². The molecule has 0 unspecified atom stereocenters. The molecule has 1 N–H and O–H groups in total. The molecule has 1 aliphatic heterocycles. The van der Waals surface area contributed by atoms with Gasteiger partial charge in [-0.05, 0) is 13.0 Å². The standard InChI is InChI=1S/C16H18FN5O/c1-12-10-15(20-16(19-12)22-6-8-23-9-7-22)21-18-11-13-4-2-3-5-14(13)17/h2-5,10-11H,6-9H2,1H3,(H,19,20,21)/b18-11-. The first kappa shape index (κ1) is 15.4. The van der Waals surface area contributed by atoms with Crippen LogP contribution in [-0.2, 0) is 4.74 Å². The molecule has 2 aromatic rings. The minimum Gasteiger partial charge on any atom is -0.378 e. The van der Waals surface area contributed by atoms with Crippen LogP contribution in [0.15, 0.2) is 35.4 Å². The van der Waals surface area contributed by atoms with Crippen molar-refractivity contribution in [2.45, 2.75) is 6.92 Å². The minimum atomic E-state index is -0.314. The summed E-state index contributed by atoms with van der Waals surface area (Å²) >= 11 is 0. The summed E-state index contributed by atoms with van der Waals surface area (Å²) in [6.45, 7) is 4.77. The molecule has 0 radical (unpaired) electrons. The van der Waals surface area contributed by atoms with Gasteiger partial charge in [0.15, 0.2) is 5.82 Å². The van der Waals surface area contributed by atoms with Crippen molar-refractivity contribution in [2.24, 2.45) is 5.10 Å². The highest BCUT2D eigenvalue weighted by Crippen LogP contribution is 2.15. The molecule has 0 aliphatic carbocycles. The fourth-order valence-electron chi connectivity index (χ4n) is 2.26. The van der Waals surface area contributed by atoms with E-state index in [9.17, 15) is 4.39 Å². The number of halogens is 1. The van der Waals surface area contributed by atoms with E-state index >= 15 is 0 Å². The van der Waals surface area contributed by atoms with Gasteiger partial charge in [0.05, 0.1) is 19.4 Å². The van der Waals surface area contributed by atoms with Crippen LogP contribution < -0.4 is 10.3 Å². The van der Waals surface area contributed by atoms with Crippen LogP contribution in [0.3, 0.4) is 0 Å². The van der Waals surface area contributed by atoms with E-state index in [0.717, 1.165) is 18.8 Å². The molecule has 120 valence electrons. The van der Waals surface area contributed by atoms with Crippen LogP contribution in [0.4, 0.5) is 16.2 Å². The fraction of sp³-hybridized carbons (Fsp3) is 0.312. The van der Waals surface area contributed by atoms with Gasteiger partial charge in [-0.15, -0.1) is 0 Å². The third-order valence-corrected chi connectivity index (χ3v) is 3.42. The van der Waals surface area contributed by atoms with Gasteiger partial charge in [-0.2, -0.15) is 10.1 Å². The van der Waals surface area contributed by atoms with Crippen LogP contribution in [0.2, 0.25) is 0 Å². The van der Waals surface area contributed by atoms with Crippen LogP contribution >= 0.6 is 0 Å². The molecule has 1 fully saturated rings. The first-order chi connectivity index (χ1) is 11.2. The van der Waals surface area contributed by atoms with Crippen molar-refractivity contribution < 1.29 is 9.13 Å². The third-order valence-electron chi connectivity index (χ3n) is 3.42. The van der Waals surface area contributed by atoms with Crippen molar-refractivity contribution >= 4 is 18.0 Å². The summed E-state index contributed by atoms with van der Waals surface area (Å²) in [5, 5.41) is 4.05. The van der Waals surface area contributed by atoms with Crippen LogP contribution in [0.1, 0.15) is 11.3 Å². The topological polar surface area (TPSA) is 62.6 Å². The molecular formula is C16H18FN5O. The Hall–Kier alpha value is -2.54. The highest BCUT2D eigenvalue weighted by Gasteiger charge is 2.14. The zero-order valence-electron chi connectivity index (χ0n) is 12.9. The lowest BCUT2D eigenvalue weighted by molar-refractivity contribution is 0.122. The number of benzene rings is 1. The fourth-order valence-corrected chi connectivity index (χ4v) is 2.26. The lowest BCUT2D eigenvalue weighted by atomic mass is 10.2. The van der Waals surface area contributed by atoms with Crippen molar-refractivity contribution in [1.29, 1.82) is 0 Å². The molecule has 0 bridgehead atoms. The van der Waals surface area contributed by atoms with E-state index in [4.69, 9.17) is 4.74 Å². The van der Waals surface area contributed by atoms with Crippen molar-refractivity contribution in [1.82, 2.24) is 9.97 Å². The summed E-state index contributed by atoms with van der Waals surface area (Å²) in [6.07, 6.45) is 1.43. The first-order valence-electron chi connectivity index (χ1n) is 7.44. The second kappa shape index (κ2) is 7.15. The minimum absolute atomic E-state index is 0.314. The number of ether oxygens (including phenoxy) is 1. The van der Waals surface area contributed by atoms with E-state index in [1.807, 2.05) is 6.92 Å². The number of morpholine rings is 1. The van der Waals surface area contributed by atoms with Gasteiger partial charge < -0.3 is 9.64 Å². The number of hydrogen-bond donors (Lipinski definition) is 1. The molecule has 0 spiro atoms. The highest BCUT2D eigenvalue weighted by molar-refractivity contribution is 5.80. The molecule has 0 amide bonds. The molecule has 0 saturated carbocycles. The smallest absolute Gasteiger partial charge is 0.227 e. The Balaban J connectivity index is 1.72. The quantitative estimate of drug-likeness (QED) is 0.692. The van der Waals surface area contributed by atoms with Gasteiger partial charge in [-0.25, -0.2) is 9.37 Å². The van der Waals surface area contributed by atoms with E-state index in [0.29, 0.717) is 30.5 Å². The zero-order valence-corrected chi connectivity index (χ0v) is 12.9. The molecule has 1 saturated heterocycles. The molecule has 1 aliphatic rings. The number of rotatable bonds is 4. The maximum Gasteiger partial charge on any atom is 0.227 e. The lowest BCUT2D eigenvalue weighted by Gasteiger charge is -2.27. The molecule has 23 heavy (non-hydrogen) atoms. The molecule has 1 aromatic heterocycles. The number of aryl methyl sites for hydroxylation is 1. The van der Waals surface area contributed by atoms with Gasteiger partial charge in [0.25, 0.3) is 0 Å². The largest absolute Gasteiger partial charge is 0.378 e. The van der Waals surface area contributed by atoms with Crippen molar-refractivity contribution in [2.75, 3.05) is 36.6 Å². The van der Waals surface area contributed by atoms with Crippen LogP contribution in [0, 0.1) is 12.7 Å². The van der Waals surface area contributed by atoms with Gasteiger partial charge in [0, 0.05) is 30.4 Å². The number of hydrazone groups is 1. The van der Waals surface area contributed by atoms with E-state index in [1.54, 1.807) is 24.3 Å². The summed E-state index contributed by atoms with van der Waals surface area (Å²) in [6, 6.07) is 8.25. The first-order valence-corrected chi connectivity index (χ1v) is 7.44. The summed E-state index contributed by atoms with van der Waals surface area (Å²) in [4.78, 5) is 11.0. The molecule has 0 atom stereocenters. The average molecular weight is 315 g/mol. The predicted octanol–water partition coefficient (Wildman–Crippen LogP) is 2.21. The number of aromatic nitrogens is 2. The number of anilines is 2. The van der Waals surface area contributed by atoms with E-state index in [1.165, 1.54) is 12.3 Å². The predicted molar refractivity (Wildman–Crippen MR) is 87.4 cm³/mol. The number of nitrogens with one attached hydrogen (secondary N) is 1. The van der Waals surface area contributed by atoms with Gasteiger partial charge in [0.2, 0.25) is 5.95 Å². The highest BCUT2D eigenvalue weighted by atomic mass is 19.1. The molecule has 1 aromatic carbocycles. The lowest BCUT2D eigenvalue weighted by Crippen LogP contribution is -2.37. The van der Waals surface area contributed by atoms with Crippen LogP contribution in [0.5, 0.6) is 0 Å². The van der Waals surface area contributed by atoms with Crippen LogP contribution in [0.25, 0.3) is 0 Å². The number of hydrogen-bond acceptors (Lipinski definition) is 6. The molecule has 6 nitrogen and oxygen atoms in total. The summed E-state index contributed by atoms with van der Waals surface area (Å²) in [7, 11) is 0. The average Bonchev–Trinajstić information content (AvgIpc) is 2.57. The second-order valence-electron chi connectivity index (χ2n) is 5.19. The Kier molecular flexibility index (Phi) is 4.77. The molecule has 2 heterocycles. The summed E-state index contributed by atoms with van der Waals surface area (Å²) in [5.74, 6) is 0.911. The van der Waals surface area contributed by atoms with Crippen molar-refractivity contribution in [3.05, 3.63) is 47.4 Å². The van der Waals surface area contributed by atoms with Gasteiger partial charge in [-0.3, -0.25) is 5.43 Å². The van der Waals surface area contributed by atoms with Gasteiger partial charge >= 0.3 is 0 Å². The maximum atomic E-state index is 13.5. The van der Waals surface area contributed by atoms with E-state index in [-0.39, 0.29) is 5.82 Å². The molecular weight excluding hydrogens is 297 g/mol. The third kappa shape index (κ3) is 4.01. The van der Waals surface area contributed by atoms with Crippen LogP contribution in [-0.4, -0.2) is 42.5 Å². The monoisotopic (exact) mass is 315 g/mol. The summed E-state index contributed by atoms with van der Waals surface area (Å²) < 4.78 is 18.9. The summed E-state index contributed by atoms with van der Waals surface area (Å²) in [5.41, 5.74) is 4.09. The molecule has 7 heteroatoms. The van der Waals surface area contributed by atoms with Gasteiger partial charge in [-0.1, -0.05) is 18.2 Å². The Morgan fingerprint density at radius 1 is 1.26 bits per heavy atom. The maximum absolute atomic E-state index is 13.5. The Morgan fingerprint density at radius 3 is 2.83 bits per heavy atom. The van der Waals surface area contributed by atoms with E-state index < -0.39 is 0 Å². The molecule has 3 rings (SSSR count). The van der Waals surface area contributed by atoms with Crippen molar-refractivity contribution in [3.63, 3.8) is 0 Å². The van der Waals surface area contributed by atoms with Gasteiger partial charge in [0.1, 0.15) is 5.82 Å². The Bertz CT molecular complexity index is 701. The number of nitrogens with zero attached hydrogens (tertiary/aromatic N) is 4.